The predicted octanol–water partition coefficient (Wildman–Crippen LogP) is 2.25. The maximum atomic E-state index is 10.0. The van der Waals surface area contributed by atoms with Gasteiger partial charge in [-0.1, -0.05) is 19.3 Å². The van der Waals surface area contributed by atoms with E-state index in [2.05, 4.69) is 0 Å². The van der Waals surface area contributed by atoms with E-state index in [1.807, 2.05) is 11.8 Å². The molecule has 0 unspecified atom stereocenters. The number of hydrogen-bond donors (Lipinski definition) is 0. The second kappa shape index (κ2) is 4.78. The second-order valence-corrected chi connectivity index (χ2v) is 4.09. The lowest BCUT2D eigenvalue weighted by molar-refractivity contribution is -0.105. The summed E-state index contributed by atoms with van der Waals surface area (Å²) < 4.78 is 0. The highest BCUT2D eigenvalue weighted by Crippen LogP contribution is 2.27. The molecule has 1 rings (SSSR count). The first-order valence-electron chi connectivity index (χ1n) is 3.98. The highest BCUT2D eigenvalue weighted by Gasteiger charge is 2.12. The van der Waals surface area contributed by atoms with Crippen molar-refractivity contribution in [1.29, 1.82) is 0 Å². The van der Waals surface area contributed by atoms with E-state index in [9.17, 15) is 4.79 Å². The Balaban J connectivity index is 2.07. The Labute approximate surface area is 66.6 Å². The minimum absolute atomic E-state index is 0.699. The third-order valence-electron chi connectivity index (χ3n) is 1.95. The van der Waals surface area contributed by atoms with Crippen molar-refractivity contribution in [1.82, 2.24) is 0 Å². The molecule has 0 heterocycles. The largest absolute Gasteiger partial charge is 0.302 e. The molecule has 0 spiro atoms. The standard InChI is InChI=1S/C8H14OS/c9-6-7-10-8-4-2-1-3-5-8/h6,8H,1-5,7H2. The van der Waals surface area contributed by atoms with Crippen LogP contribution in [0.5, 0.6) is 0 Å². The third-order valence-corrected chi connectivity index (χ3v) is 3.22. The lowest BCUT2D eigenvalue weighted by atomic mass is 10.0. The molecule has 2 heteroatoms. The zero-order chi connectivity index (χ0) is 7.23. The van der Waals surface area contributed by atoms with Gasteiger partial charge < -0.3 is 4.79 Å². The molecule has 0 amide bonds. The van der Waals surface area contributed by atoms with Gasteiger partial charge in [0.2, 0.25) is 0 Å². The summed E-state index contributed by atoms with van der Waals surface area (Å²) in [6, 6.07) is 0. The van der Waals surface area contributed by atoms with Crippen LogP contribution in [0.2, 0.25) is 0 Å². The van der Waals surface area contributed by atoms with Crippen molar-refractivity contribution in [2.45, 2.75) is 37.4 Å². The highest BCUT2D eigenvalue weighted by atomic mass is 32.2. The van der Waals surface area contributed by atoms with Gasteiger partial charge in [-0.2, -0.15) is 11.8 Å². The van der Waals surface area contributed by atoms with E-state index in [-0.39, 0.29) is 0 Å². The molecule has 58 valence electrons. The molecule has 0 N–H and O–H groups in total. The van der Waals surface area contributed by atoms with Crippen molar-refractivity contribution in [3.05, 3.63) is 0 Å². The molecule has 0 atom stereocenters. The topological polar surface area (TPSA) is 17.1 Å². The maximum Gasteiger partial charge on any atom is 0.129 e. The van der Waals surface area contributed by atoms with Gasteiger partial charge in [0.15, 0.2) is 0 Å². The predicted molar refractivity (Wildman–Crippen MR) is 45.4 cm³/mol. The minimum Gasteiger partial charge on any atom is -0.302 e. The Kier molecular flexibility index (Phi) is 3.88. The average molecular weight is 158 g/mol. The van der Waals surface area contributed by atoms with Crippen molar-refractivity contribution in [3.8, 4) is 0 Å². The Morgan fingerprint density at radius 1 is 1.30 bits per heavy atom. The van der Waals surface area contributed by atoms with E-state index in [1.165, 1.54) is 32.1 Å². The van der Waals surface area contributed by atoms with E-state index in [1.54, 1.807) is 0 Å². The molecule has 0 aromatic heterocycles. The molecule has 1 aliphatic carbocycles. The monoisotopic (exact) mass is 158 g/mol. The SMILES string of the molecule is O=CCSC1CCCCC1. The van der Waals surface area contributed by atoms with Gasteiger partial charge in [-0.05, 0) is 12.8 Å². The first kappa shape index (κ1) is 8.12. The van der Waals surface area contributed by atoms with Gasteiger partial charge in [0.1, 0.15) is 6.29 Å². The van der Waals surface area contributed by atoms with Crippen LogP contribution in [-0.4, -0.2) is 17.3 Å². The molecule has 10 heavy (non-hydrogen) atoms. The lowest BCUT2D eigenvalue weighted by Crippen LogP contribution is -2.08. The van der Waals surface area contributed by atoms with Crippen LogP contribution in [0.25, 0.3) is 0 Å². The third kappa shape index (κ3) is 2.74. The van der Waals surface area contributed by atoms with E-state index in [0.29, 0.717) is 5.75 Å². The number of rotatable bonds is 3. The van der Waals surface area contributed by atoms with Crippen LogP contribution in [-0.2, 0) is 4.79 Å². The summed E-state index contributed by atoms with van der Waals surface area (Å²) in [7, 11) is 0. The van der Waals surface area contributed by atoms with Crippen LogP contribution in [0.4, 0.5) is 0 Å². The fraction of sp³-hybridized carbons (Fsp3) is 0.875. The molecule has 1 fully saturated rings. The molecule has 0 saturated heterocycles. The van der Waals surface area contributed by atoms with Crippen LogP contribution in [0.15, 0.2) is 0 Å². The van der Waals surface area contributed by atoms with Gasteiger partial charge in [0.25, 0.3) is 0 Å². The van der Waals surface area contributed by atoms with Crippen LogP contribution >= 0.6 is 11.8 Å². The second-order valence-electron chi connectivity index (χ2n) is 2.76. The van der Waals surface area contributed by atoms with Crippen molar-refractivity contribution in [3.63, 3.8) is 0 Å². The summed E-state index contributed by atoms with van der Waals surface area (Å²) in [6.45, 7) is 0. The van der Waals surface area contributed by atoms with Crippen LogP contribution in [0, 0.1) is 0 Å². The zero-order valence-electron chi connectivity index (χ0n) is 6.21. The first-order valence-corrected chi connectivity index (χ1v) is 5.03. The zero-order valence-corrected chi connectivity index (χ0v) is 7.03. The molecule has 0 bridgehead atoms. The molecule has 1 aliphatic rings. The normalized spacial score (nSPS) is 20.8. The summed E-state index contributed by atoms with van der Waals surface area (Å²) in [5.74, 6) is 0.699. The van der Waals surface area contributed by atoms with Crippen molar-refractivity contribution < 1.29 is 4.79 Å². The first-order chi connectivity index (χ1) is 4.93. The van der Waals surface area contributed by atoms with Gasteiger partial charge in [-0.15, -0.1) is 0 Å². The van der Waals surface area contributed by atoms with Gasteiger partial charge in [-0.25, -0.2) is 0 Å². The quantitative estimate of drug-likeness (QED) is 0.586. The van der Waals surface area contributed by atoms with Crippen molar-refractivity contribution in [2.75, 3.05) is 5.75 Å². The van der Waals surface area contributed by atoms with E-state index < -0.39 is 0 Å². The van der Waals surface area contributed by atoms with Gasteiger partial charge in [0, 0.05) is 11.0 Å². The van der Waals surface area contributed by atoms with Crippen molar-refractivity contribution in [2.24, 2.45) is 0 Å². The summed E-state index contributed by atoms with van der Waals surface area (Å²) in [5.41, 5.74) is 0. The summed E-state index contributed by atoms with van der Waals surface area (Å²) in [6.07, 6.45) is 7.82. The van der Waals surface area contributed by atoms with Gasteiger partial charge >= 0.3 is 0 Å². The number of aldehydes is 1. The minimum atomic E-state index is 0.699. The van der Waals surface area contributed by atoms with E-state index >= 15 is 0 Å². The van der Waals surface area contributed by atoms with E-state index in [4.69, 9.17) is 0 Å². The van der Waals surface area contributed by atoms with E-state index in [0.717, 1.165) is 11.5 Å². The van der Waals surface area contributed by atoms with Crippen LogP contribution in [0.3, 0.4) is 0 Å². The number of thioether (sulfide) groups is 1. The molecule has 1 nitrogen and oxygen atoms in total. The Morgan fingerprint density at radius 3 is 2.60 bits per heavy atom. The number of carbonyl (C=O) groups is 1. The summed E-state index contributed by atoms with van der Waals surface area (Å²) in [5, 5.41) is 0.791. The molecule has 0 aromatic carbocycles. The molecular weight excluding hydrogens is 144 g/mol. The van der Waals surface area contributed by atoms with Crippen LogP contribution in [0.1, 0.15) is 32.1 Å². The van der Waals surface area contributed by atoms with Crippen molar-refractivity contribution >= 4 is 18.0 Å². The highest BCUT2D eigenvalue weighted by molar-refractivity contribution is 8.00. The van der Waals surface area contributed by atoms with Gasteiger partial charge in [0.05, 0.1) is 0 Å². The molecule has 0 radical (unpaired) electrons. The average Bonchev–Trinajstić information content (AvgIpc) is 2.03. The molecule has 0 aromatic rings. The fourth-order valence-electron chi connectivity index (χ4n) is 1.41. The Hall–Kier alpha value is 0.0200. The van der Waals surface area contributed by atoms with Gasteiger partial charge in [-0.3, -0.25) is 0 Å². The smallest absolute Gasteiger partial charge is 0.129 e. The summed E-state index contributed by atoms with van der Waals surface area (Å²) >= 11 is 1.83. The number of hydrogen-bond acceptors (Lipinski definition) is 2. The summed E-state index contributed by atoms with van der Waals surface area (Å²) in [4.78, 5) is 10.0. The molecule has 0 aliphatic heterocycles. The Bertz CT molecular complexity index is 97.4. The Morgan fingerprint density at radius 2 is 2.00 bits per heavy atom. The molecular formula is C8H14OS. The maximum absolute atomic E-state index is 10.0. The lowest BCUT2D eigenvalue weighted by Gasteiger charge is -2.19. The number of carbonyl (C=O) groups excluding carboxylic acids is 1. The fourth-order valence-corrected chi connectivity index (χ4v) is 2.42. The molecule has 1 saturated carbocycles. The van der Waals surface area contributed by atoms with Crippen LogP contribution < -0.4 is 0 Å².